The molecule has 0 aliphatic carbocycles. The summed E-state index contributed by atoms with van der Waals surface area (Å²) < 4.78 is 28.0. The number of hydrogen-bond donors (Lipinski definition) is 2. The number of aryl methyl sites for hydroxylation is 1. The van der Waals surface area contributed by atoms with Gasteiger partial charge in [0.25, 0.3) is 0 Å². The first-order valence-corrected chi connectivity index (χ1v) is 20.1. The fourth-order valence-electron chi connectivity index (χ4n) is 6.88. The smallest absolute Gasteiger partial charge is 0.410 e. The molecular weight excluding hydrogens is 769 g/mol. The molecule has 0 radical (unpaired) electrons. The van der Waals surface area contributed by atoms with E-state index < -0.39 is 23.7 Å². The molecule has 0 saturated carbocycles. The summed E-state index contributed by atoms with van der Waals surface area (Å²) >= 11 is 6.38. The second-order valence-electron chi connectivity index (χ2n) is 15.0. The number of halogens is 2. The molecule has 0 fully saturated rings. The van der Waals surface area contributed by atoms with Crippen molar-refractivity contribution in [3.05, 3.63) is 166 Å². The van der Waals surface area contributed by atoms with E-state index in [0.717, 1.165) is 22.3 Å². The second kappa shape index (κ2) is 20.0. The number of carbonyl (C=O) groups excluding carboxylic acids is 2. The molecule has 2 aromatic heterocycles. The zero-order chi connectivity index (χ0) is 41.9. The number of hydrogen-bond acceptors (Lipinski definition) is 6. The Morgan fingerprint density at radius 3 is 2.24 bits per heavy atom. The number of fused-ring (bicyclic) bond motifs is 1. The maximum absolute atomic E-state index is 15.5. The van der Waals surface area contributed by atoms with Gasteiger partial charge in [0.05, 0.1) is 16.4 Å². The Morgan fingerprint density at radius 2 is 1.58 bits per heavy atom. The average molecular weight is 818 g/mol. The Morgan fingerprint density at radius 1 is 0.915 bits per heavy atom. The fourth-order valence-corrected chi connectivity index (χ4v) is 7.13. The summed E-state index contributed by atoms with van der Waals surface area (Å²) in [5.41, 5.74) is 4.54. The first-order valence-electron chi connectivity index (χ1n) is 19.7. The molecule has 306 valence electrons. The SMILES string of the molecule is C=C[C@H](C)C[C@H](C)N(Cc1ccc(-n2cc3cc(-c4cc(CCC[C@H](C)NC(=O)OCc5ccccc5)cc(Cl)c4F)[nH]c3nc2=O)cc1)C(=O)OCc1ccccc1. The Hall–Kier alpha value is -6.20. The van der Waals surface area contributed by atoms with Gasteiger partial charge in [0.1, 0.15) is 18.9 Å². The third kappa shape index (κ3) is 11.5. The van der Waals surface area contributed by atoms with Crippen LogP contribution in [0.5, 0.6) is 0 Å². The maximum atomic E-state index is 15.5. The largest absolute Gasteiger partial charge is 0.445 e. The predicted molar refractivity (Wildman–Crippen MR) is 230 cm³/mol. The van der Waals surface area contributed by atoms with E-state index in [1.54, 1.807) is 41.4 Å². The van der Waals surface area contributed by atoms with Crippen LogP contribution in [0.2, 0.25) is 5.02 Å². The van der Waals surface area contributed by atoms with Gasteiger partial charge in [-0.15, -0.1) is 6.58 Å². The van der Waals surface area contributed by atoms with Crippen LogP contribution in [0, 0.1) is 11.7 Å². The van der Waals surface area contributed by atoms with Gasteiger partial charge in [-0.1, -0.05) is 97.4 Å². The van der Waals surface area contributed by atoms with E-state index >= 15 is 4.39 Å². The summed E-state index contributed by atoms with van der Waals surface area (Å²) in [6.45, 7) is 10.5. The van der Waals surface area contributed by atoms with Crippen molar-refractivity contribution in [2.75, 3.05) is 0 Å². The number of benzene rings is 4. The lowest BCUT2D eigenvalue weighted by molar-refractivity contribution is 0.0766. The van der Waals surface area contributed by atoms with E-state index in [1.165, 1.54) is 4.57 Å². The van der Waals surface area contributed by atoms with Gasteiger partial charge < -0.3 is 24.7 Å². The molecule has 0 spiro atoms. The predicted octanol–water partition coefficient (Wildman–Crippen LogP) is 10.6. The normalized spacial score (nSPS) is 12.7. The van der Waals surface area contributed by atoms with Crippen molar-refractivity contribution in [1.29, 1.82) is 0 Å². The minimum absolute atomic E-state index is 0.0212. The van der Waals surface area contributed by atoms with Crippen LogP contribution in [0.3, 0.4) is 0 Å². The number of carbonyl (C=O) groups is 2. The minimum Gasteiger partial charge on any atom is -0.445 e. The van der Waals surface area contributed by atoms with Crippen LogP contribution < -0.4 is 11.0 Å². The van der Waals surface area contributed by atoms with E-state index in [1.807, 2.05) is 92.7 Å². The van der Waals surface area contributed by atoms with Gasteiger partial charge in [-0.2, -0.15) is 4.98 Å². The van der Waals surface area contributed by atoms with Gasteiger partial charge in [-0.05, 0) is 98.0 Å². The van der Waals surface area contributed by atoms with Crippen molar-refractivity contribution >= 4 is 34.8 Å². The first kappa shape index (κ1) is 42.4. The third-order valence-corrected chi connectivity index (χ3v) is 10.5. The van der Waals surface area contributed by atoms with E-state index in [2.05, 4.69) is 28.8 Å². The van der Waals surface area contributed by atoms with Crippen LogP contribution in [0.4, 0.5) is 14.0 Å². The molecule has 0 bridgehead atoms. The molecule has 2 heterocycles. The molecule has 0 saturated heterocycles. The molecule has 4 aromatic carbocycles. The number of aromatic amines is 1. The van der Waals surface area contributed by atoms with Gasteiger partial charge in [0, 0.05) is 35.8 Å². The highest BCUT2D eigenvalue weighted by molar-refractivity contribution is 6.31. The minimum atomic E-state index is -0.588. The molecule has 6 rings (SSSR count). The molecule has 12 heteroatoms. The number of allylic oxidation sites excluding steroid dienone is 1. The quantitative estimate of drug-likeness (QED) is 0.0885. The van der Waals surface area contributed by atoms with Crippen molar-refractivity contribution in [3.63, 3.8) is 0 Å². The molecule has 0 aliphatic rings. The van der Waals surface area contributed by atoms with Gasteiger partial charge in [0.15, 0.2) is 5.82 Å². The van der Waals surface area contributed by atoms with Gasteiger partial charge in [0.2, 0.25) is 0 Å². The monoisotopic (exact) mass is 817 g/mol. The molecule has 6 aromatic rings. The number of nitrogens with one attached hydrogen (secondary N) is 2. The third-order valence-electron chi connectivity index (χ3n) is 10.2. The summed E-state index contributed by atoms with van der Waals surface area (Å²) in [6, 6.07) is 31.2. The van der Waals surface area contributed by atoms with Crippen LogP contribution in [-0.2, 0) is 35.7 Å². The number of amides is 2. The molecule has 2 N–H and O–H groups in total. The molecule has 0 unspecified atom stereocenters. The van der Waals surface area contributed by atoms with Gasteiger partial charge in [-0.25, -0.2) is 18.8 Å². The van der Waals surface area contributed by atoms with Crippen molar-refractivity contribution in [2.45, 2.75) is 78.3 Å². The number of ether oxygens (including phenoxy) is 2. The highest BCUT2D eigenvalue weighted by atomic mass is 35.5. The van der Waals surface area contributed by atoms with Crippen LogP contribution in [0.25, 0.3) is 28.0 Å². The van der Waals surface area contributed by atoms with E-state index in [9.17, 15) is 14.4 Å². The summed E-state index contributed by atoms with van der Waals surface area (Å²) in [4.78, 5) is 48.0. The topological polar surface area (TPSA) is 119 Å². The maximum Gasteiger partial charge on any atom is 0.410 e. The summed E-state index contributed by atoms with van der Waals surface area (Å²) in [5, 5.41) is 3.43. The Balaban J connectivity index is 1.11. The number of nitrogens with zero attached hydrogens (tertiary/aromatic N) is 3. The molecule has 2 amide bonds. The van der Waals surface area contributed by atoms with Crippen molar-refractivity contribution in [3.8, 4) is 16.9 Å². The molecule has 10 nitrogen and oxygen atoms in total. The lowest BCUT2D eigenvalue weighted by Crippen LogP contribution is -2.39. The van der Waals surface area contributed by atoms with Crippen LogP contribution >= 0.6 is 11.6 Å². The van der Waals surface area contributed by atoms with Gasteiger partial charge in [-0.3, -0.25) is 4.57 Å². The molecule has 3 atom stereocenters. The lowest BCUT2D eigenvalue weighted by atomic mass is 10.0. The van der Waals surface area contributed by atoms with Crippen LogP contribution in [0.1, 0.15) is 62.3 Å². The standard InChI is InChI=1S/C47H49ClFN5O5/c1-5-31(2)23-33(4)53(47(57)59-30-36-16-10-7-11-17-36)27-34-19-21-39(22-20-34)54-28-38-26-42(51-44(38)52-45(54)55)40-24-37(25-41(48)43(40)49)18-12-13-32(3)50-46(56)58-29-35-14-8-6-9-15-35/h5-11,14-17,19-22,24-26,28,31-33H,1,12-13,18,23,27,29-30H2,2-4H3,(H,50,56)(H,51,52,55)/t31-,32-,33-/m0/s1. The first-order chi connectivity index (χ1) is 28.5. The van der Waals surface area contributed by atoms with Crippen molar-refractivity contribution in [2.24, 2.45) is 5.92 Å². The summed E-state index contributed by atoms with van der Waals surface area (Å²) in [5.74, 6) is -0.388. The number of aromatic nitrogens is 3. The number of alkyl carbamates (subject to hydrolysis) is 1. The van der Waals surface area contributed by atoms with E-state index in [4.69, 9.17) is 21.1 Å². The summed E-state index contributed by atoms with van der Waals surface area (Å²) in [6.07, 6.45) is 5.32. The zero-order valence-corrected chi connectivity index (χ0v) is 34.3. The second-order valence-corrected chi connectivity index (χ2v) is 15.4. The van der Waals surface area contributed by atoms with Crippen molar-refractivity contribution in [1.82, 2.24) is 24.8 Å². The summed E-state index contributed by atoms with van der Waals surface area (Å²) in [7, 11) is 0. The fraction of sp³-hybridized carbons (Fsp3) is 0.277. The molecule has 59 heavy (non-hydrogen) atoms. The molecular formula is C47H49ClFN5O5. The Kier molecular flexibility index (Phi) is 14.4. The molecule has 0 aliphatic heterocycles. The van der Waals surface area contributed by atoms with Crippen LogP contribution in [0.15, 0.2) is 127 Å². The van der Waals surface area contributed by atoms with Crippen LogP contribution in [-0.4, -0.2) is 43.7 Å². The number of rotatable bonds is 17. The Bertz CT molecular complexity index is 2420. The van der Waals surface area contributed by atoms with Gasteiger partial charge >= 0.3 is 17.9 Å². The highest BCUT2D eigenvalue weighted by Crippen LogP contribution is 2.31. The lowest BCUT2D eigenvalue weighted by Gasteiger charge is -2.30. The average Bonchev–Trinajstić information content (AvgIpc) is 3.65. The van der Waals surface area contributed by atoms with E-state index in [-0.39, 0.29) is 41.8 Å². The number of H-pyrrole nitrogens is 1. The zero-order valence-electron chi connectivity index (χ0n) is 33.5. The van der Waals surface area contributed by atoms with E-state index in [0.29, 0.717) is 54.6 Å². The highest BCUT2D eigenvalue weighted by Gasteiger charge is 2.24. The Labute approximate surface area is 348 Å². The van der Waals surface area contributed by atoms with Crippen molar-refractivity contribution < 1.29 is 23.5 Å².